The molecule has 0 amide bonds. The van der Waals surface area contributed by atoms with E-state index >= 15 is 0 Å². The summed E-state index contributed by atoms with van der Waals surface area (Å²) in [6.45, 7) is 7.02. The van der Waals surface area contributed by atoms with Crippen LogP contribution in [0, 0.1) is 0 Å². The summed E-state index contributed by atoms with van der Waals surface area (Å²) in [5.74, 6) is -0.357. The molecule has 1 aromatic heterocycles. The standard InChI is InChI=1S/C19H23N3O2S2/c1-3-21-9-11-22(12-10-21)19(25)20-17-15(18(23)24-2)13-16(26-17)14-7-5-4-6-8-14/h4-8,13H,3,9-12H2,1-2H3,(H,20,25). The molecule has 0 radical (unpaired) electrons. The monoisotopic (exact) mass is 389 g/mol. The first-order valence-corrected chi connectivity index (χ1v) is 9.90. The molecule has 0 aliphatic carbocycles. The molecule has 0 unspecified atom stereocenters. The molecule has 1 aliphatic heterocycles. The molecule has 0 spiro atoms. The number of nitrogens with one attached hydrogen (secondary N) is 1. The number of thiocarbonyl (C=S) groups is 1. The molecule has 1 aliphatic rings. The lowest BCUT2D eigenvalue weighted by Crippen LogP contribution is -2.49. The number of methoxy groups -OCH3 is 1. The number of benzene rings is 1. The van der Waals surface area contributed by atoms with Crippen molar-refractivity contribution in [1.82, 2.24) is 9.80 Å². The van der Waals surface area contributed by atoms with Crippen LogP contribution in [0.5, 0.6) is 0 Å². The van der Waals surface area contributed by atoms with Crippen LogP contribution in [0.2, 0.25) is 0 Å². The number of likely N-dealkylation sites (N-methyl/N-ethyl adjacent to an activating group) is 1. The number of hydrogen-bond donors (Lipinski definition) is 1. The first-order chi connectivity index (χ1) is 12.6. The van der Waals surface area contributed by atoms with Gasteiger partial charge in [0.2, 0.25) is 0 Å². The summed E-state index contributed by atoms with van der Waals surface area (Å²) in [6, 6.07) is 11.9. The highest BCUT2D eigenvalue weighted by atomic mass is 32.1. The molecule has 1 aromatic carbocycles. The fraction of sp³-hybridized carbons (Fsp3) is 0.368. The van der Waals surface area contributed by atoms with Gasteiger partial charge in [0.25, 0.3) is 0 Å². The third-order valence-corrected chi connectivity index (χ3v) is 5.98. The number of ether oxygens (including phenoxy) is 1. The average Bonchev–Trinajstić information content (AvgIpc) is 3.12. The van der Waals surface area contributed by atoms with Gasteiger partial charge in [-0.25, -0.2) is 4.79 Å². The number of piperazine rings is 1. The Bertz CT molecular complexity index is 768. The van der Waals surface area contributed by atoms with E-state index in [0.29, 0.717) is 10.7 Å². The normalized spacial score (nSPS) is 14.9. The molecular weight excluding hydrogens is 366 g/mol. The van der Waals surface area contributed by atoms with Crippen LogP contribution in [0.3, 0.4) is 0 Å². The van der Waals surface area contributed by atoms with Gasteiger partial charge >= 0.3 is 5.97 Å². The number of thiophene rings is 1. The second-order valence-electron chi connectivity index (χ2n) is 6.06. The Hall–Kier alpha value is -1.96. The Morgan fingerprint density at radius 1 is 1.23 bits per heavy atom. The average molecular weight is 390 g/mol. The summed E-state index contributed by atoms with van der Waals surface area (Å²) in [5, 5.41) is 4.67. The molecular formula is C19H23N3O2S2. The molecule has 2 aromatic rings. The minimum Gasteiger partial charge on any atom is -0.465 e. The topological polar surface area (TPSA) is 44.8 Å². The van der Waals surface area contributed by atoms with E-state index in [1.165, 1.54) is 18.4 Å². The smallest absolute Gasteiger partial charge is 0.340 e. The van der Waals surface area contributed by atoms with Crippen LogP contribution in [-0.2, 0) is 4.74 Å². The lowest BCUT2D eigenvalue weighted by Gasteiger charge is -2.35. The Morgan fingerprint density at radius 2 is 1.92 bits per heavy atom. The highest BCUT2D eigenvalue weighted by molar-refractivity contribution is 7.80. The molecule has 7 heteroatoms. The number of carbonyl (C=O) groups excluding carboxylic acids is 1. The Morgan fingerprint density at radius 3 is 2.54 bits per heavy atom. The number of hydrogen-bond acceptors (Lipinski definition) is 5. The maximum absolute atomic E-state index is 12.2. The predicted octanol–water partition coefficient (Wildman–Crippen LogP) is 3.54. The van der Waals surface area contributed by atoms with E-state index in [9.17, 15) is 4.79 Å². The quantitative estimate of drug-likeness (QED) is 0.637. The Labute approximate surface area is 163 Å². The van der Waals surface area contributed by atoms with Crippen molar-refractivity contribution in [3.63, 3.8) is 0 Å². The molecule has 3 rings (SSSR count). The van der Waals surface area contributed by atoms with Gasteiger partial charge in [0, 0.05) is 31.1 Å². The van der Waals surface area contributed by atoms with Gasteiger partial charge in [-0.1, -0.05) is 37.3 Å². The lowest BCUT2D eigenvalue weighted by atomic mass is 10.1. The van der Waals surface area contributed by atoms with Gasteiger partial charge in [-0.15, -0.1) is 11.3 Å². The van der Waals surface area contributed by atoms with Crippen LogP contribution in [0.4, 0.5) is 5.00 Å². The van der Waals surface area contributed by atoms with Crippen molar-refractivity contribution >= 4 is 39.6 Å². The molecule has 26 heavy (non-hydrogen) atoms. The van der Waals surface area contributed by atoms with Gasteiger partial charge in [0.05, 0.1) is 12.7 Å². The summed E-state index contributed by atoms with van der Waals surface area (Å²) >= 11 is 7.11. The fourth-order valence-corrected chi connectivity index (χ4v) is 4.33. The second kappa shape index (κ2) is 8.62. The molecule has 1 saturated heterocycles. The van der Waals surface area contributed by atoms with Gasteiger partial charge < -0.3 is 19.9 Å². The highest BCUT2D eigenvalue weighted by Crippen LogP contribution is 2.36. The van der Waals surface area contributed by atoms with Gasteiger partial charge in [-0.05, 0) is 30.4 Å². The van der Waals surface area contributed by atoms with Crippen LogP contribution in [0.15, 0.2) is 36.4 Å². The van der Waals surface area contributed by atoms with Crippen molar-refractivity contribution in [1.29, 1.82) is 0 Å². The van der Waals surface area contributed by atoms with E-state index in [0.717, 1.165) is 48.2 Å². The zero-order chi connectivity index (χ0) is 18.5. The van der Waals surface area contributed by atoms with E-state index in [1.807, 2.05) is 36.4 Å². The van der Waals surface area contributed by atoms with E-state index in [-0.39, 0.29) is 5.97 Å². The van der Waals surface area contributed by atoms with Crippen molar-refractivity contribution in [3.8, 4) is 10.4 Å². The molecule has 0 saturated carbocycles. The van der Waals surface area contributed by atoms with Crippen LogP contribution in [0.25, 0.3) is 10.4 Å². The fourth-order valence-electron chi connectivity index (χ4n) is 2.93. The largest absolute Gasteiger partial charge is 0.465 e. The maximum Gasteiger partial charge on any atom is 0.340 e. The zero-order valence-electron chi connectivity index (χ0n) is 15.0. The Kier molecular flexibility index (Phi) is 6.24. The van der Waals surface area contributed by atoms with Crippen LogP contribution in [0.1, 0.15) is 17.3 Å². The molecule has 0 atom stereocenters. The molecule has 0 bridgehead atoms. The number of nitrogens with zero attached hydrogens (tertiary/aromatic N) is 2. The van der Waals surface area contributed by atoms with E-state index < -0.39 is 0 Å². The van der Waals surface area contributed by atoms with Crippen molar-refractivity contribution in [2.75, 3.05) is 45.2 Å². The van der Waals surface area contributed by atoms with Gasteiger partial charge in [-0.3, -0.25) is 0 Å². The van der Waals surface area contributed by atoms with Crippen molar-refractivity contribution in [2.24, 2.45) is 0 Å². The molecule has 2 heterocycles. The van der Waals surface area contributed by atoms with Crippen LogP contribution < -0.4 is 5.32 Å². The zero-order valence-corrected chi connectivity index (χ0v) is 16.7. The van der Waals surface area contributed by atoms with Gasteiger partial charge in [0.15, 0.2) is 5.11 Å². The third-order valence-electron chi connectivity index (χ3n) is 4.52. The highest BCUT2D eigenvalue weighted by Gasteiger charge is 2.22. The van der Waals surface area contributed by atoms with E-state index in [2.05, 4.69) is 22.0 Å². The van der Waals surface area contributed by atoms with Crippen LogP contribution in [-0.4, -0.2) is 60.7 Å². The van der Waals surface area contributed by atoms with Crippen molar-refractivity contribution in [3.05, 3.63) is 42.0 Å². The molecule has 138 valence electrons. The predicted molar refractivity (Wildman–Crippen MR) is 111 cm³/mol. The number of esters is 1. The summed E-state index contributed by atoms with van der Waals surface area (Å²) in [7, 11) is 1.40. The number of carbonyl (C=O) groups is 1. The van der Waals surface area contributed by atoms with Gasteiger partial charge in [-0.2, -0.15) is 0 Å². The Balaban J connectivity index is 1.79. The number of anilines is 1. The second-order valence-corrected chi connectivity index (χ2v) is 7.50. The SMILES string of the molecule is CCN1CCN(C(=S)Nc2sc(-c3ccccc3)cc2C(=O)OC)CC1. The van der Waals surface area contributed by atoms with E-state index in [1.54, 1.807) is 0 Å². The third kappa shape index (κ3) is 4.23. The maximum atomic E-state index is 12.2. The summed E-state index contributed by atoms with van der Waals surface area (Å²) < 4.78 is 4.95. The molecule has 5 nitrogen and oxygen atoms in total. The first kappa shape index (κ1) is 18.8. The molecule has 1 fully saturated rings. The van der Waals surface area contributed by atoms with Crippen molar-refractivity contribution < 1.29 is 9.53 Å². The lowest BCUT2D eigenvalue weighted by molar-refractivity contribution is 0.0602. The van der Waals surface area contributed by atoms with E-state index in [4.69, 9.17) is 17.0 Å². The number of rotatable bonds is 4. The molecule has 1 N–H and O–H groups in total. The van der Waals surface area contributed by atoms with Crippen LogP contribution >= 0.6 is 23.6 Å². The summed E-state index contributed by atoms with van der Waals surface area (Å²) in [6.07, 6.45) is 0. The minimum absolute atomic E-state index is 0.357. The van der Waals surface area contributed by atoms with Crippen molar-refractivity contribution in [2.45, 2.75) is 6.92 Å². The first-order valence-electron chi connectivity index (χ1n) is 8.68. The van der Waals surface area contributed by atoms with Gasteiger partial charge in [0.1, 0.15) is 5.00 Å². The minimum atomic E-state index is -0.357. The summed E-state index contributed by atoms with van der Waals surface area (Å²) in [5.41, 5.74) is 1.59. The summed E-state index contributed by atoms with van der Waals surface area (Å²) in [4.78, 5) is 17.8.